The number of phenols is 2. The molecule has 0 spiro atoms. The van der Waals surface area contributed by atoms with Crippen molar-refractivity contribution < 1.29 is 42.8 Å². The van der Waals surface area contributed by atoms with Gasteiger partial charge < -0.3 is 45.9 Å². The predicted octanol–water partition coefficient (Wildman–Crippen LogP) is 2.69. The van der Waals surface area contributed by atoms with Gasteiger partial charge in [0.05, 0.1) is 18.4 Å². The number of aromatic nitrogens is 4. The molecule has 6 rings (SSSR count). The first kappa shape index (κ1) is 34.7. The number of aliphatic hydroxyl groups excluding tert-OH is 1. The molecule has 0 unspecified atom stereocenters. The van der Waals surface area contributed by atoms with Crippen molar-refractivity contribution in [3.05, 3.63) is 66.0 Å². The van der Waals surface area contributed by atoms with E-state index >= 15 is 0 Å². The number of nitrogens with one attached hydrogen (secondary N) is 2. The van der Waals surface area contributed by atoms with Gasteiger partial charge in [-0.25, -0.2) is 9.78 Å². The minimum atomic E-state index is -5.32. The number of ether oxygens (including phenoxy) is 1. The second-order valence-electron chi connectivity index (χ2n) is 12.5. The summed E-state index contributed by atoms with van der Waals surface area (Å²) in [4.78, 5) is 40.2. The molecule has 5 atom stereocenters. The number of esters is 1. The Bertz CT molecular complexity index is 1790. The van der Waals surface area contributed by atoms with Gasteiger partial charge in [0.25, 0.3) is 0 Å². The van der Waals surface area contributed by atoms with Gasteiger partial charge in [0, 0.05) is 38.0 Å². The van der Waals surface area contributed by atoms with Crippen molar-refractivity contribution in [1.29, 1.82) is 0 Å². The molecule has 2 fully saturated rings. The number of aliphatic hydroxyl groups is 1. The Balaban J connectivity index is 1.40. The predicted molar refractivity (Wildman–Crippen MR) is 174 cm³/mol. The lowest BCUT2D eigenvalue weighted by Gasteiger charge is -2.25. The van der Waals surface area contributed by atoms with Crippen LogP contribution >= 0.6 is 0 Å². The van der Waals surface area contributed by atoms with E-state index in [1.165, 1.54) is 10.9 Å². The fourth-order valence-corrected chi connectivity index (χ4v) is 6.48. The number of rotatable bonds is 10. The fourth-order valence-electron chi connectivity index (χ4n) is 6.48. The van der Waals surface area contributed by atoms with Crippen LogP contribution in [0.4, 0.5) is 24.9 Å². The second kappa shape index (κ2) is 14.0. The van der Waals surface area contributed by atoms with Crippen LogP contribution in [0, 0.1) is 0 Å². The van der Waals surface area contributed by atoms with Crippen molar-refractivity contribution in [2.24, 2.45) is 5.73 Å². The van der Waals surface area contributed by atoms with Crippen molar-refractivity contribution >= 4 is 34.8 Å². The quantitative estimate of drug-likeness (QED) is 0.133. The molecule has 17 heteroatoms. The molecule has 1 aliphatic carbocycles. The SMILES string of the molecule is CCC(=O)N[C@H]1C[C@@H](n2cnc3c(NCC(c4ccc(O)cc4)c4ccc(O)cc4)nc(N4CC[C@@H](N)C4)nc32)[C@H](OC(=O)C(F)(F)F)[C@@H]1O. The van der Waals surface area contributed by atoms with Gasteiger partial charge in [-0.2, -0.15) is 23.1 Å². The zero-order valence-corrected chi connectivity index (χ0v) is 26.9. The lowest BCUT2D eigenvalue weighted by molar-refractivity contribution is -0.209. The fraction of sp³-hybridized carbons (Fsp3) is 0.424. The van der Waals surface area contributed by atoms with E-state index in [4.69, 9.17) is 20.4 Å². The van der Waals surface area contributed by atoms with Crippen LogP contribution in [0.3, 0.4) is 0 Å². The molecule has 266 valence electrons. The smallest absolute Gasteiger partial charge is 0.490 e. The average molecular weight is 699 g/mol. The van der Waals surface area contributed by atoms with E-state index < -0.39 is 42.3 Å². The first-order valence-corrected chi connectivity index (χ1v) is 16.1. The number of aromatic hydroxyl groups is 2. The van der Waals surface area contributed by atoms with Gasteiger partial charge in [0.1, 0.15) is 17.6 Å². The number of anilines is 2. The van der Waals surface area contributed by atoms with Crippen molar-refractivity contribution in [3.63, 3.8) is 0 Å². The molecule has 1 saturated heterocycles. The first-order valence-electron chi connectivity index (χ1n) is 16.1. The van der Waals surface area contributed by atoms with E-state index in [0.717, 1.165) is 11.1 Å². The maximum Gasteiger partial charge on any atom is 0.490 e. The van der Waals surface area contributed by atoms with E-state index in [9.17, 15) is 38.1 Å². The number of hydrogen-bond acceptors (Lipinski definition) is 12. The summed E-state index contributed by atoms with van der Waals surface area (Å²) in [5.74, 6) is -2.46. The number of nitrogens with zero attached hydrogens (tertiary/aromatic N) is 5. The lowest BCUT2D eigenvalue weighted by atomic mass is 9.91. The lowest BCUT2D eigenvalue weighted by Crippen LogP contribution is -2.45. The molecule has 4 aromatic rings. The molecular formula is C33H37F3N8O6. The standard InChI is InChI=1S/C33H37F3N8O6/c1-2-25(47)40-23-13-24(28(27(23)48)50-31(49)33(34,35)36)44-16-39-26-29(41-32(42-30(26)44)43-12-11-19(37)15-43)38-14-22(17-3-7-20(45)8-4-17)18-5-9-21(46)10-6-18/h3-10,16,19,22-24,27-28,45-46,48H,2,11-15,37H2,1H3,(H,40,47)(H,38,41,42)/t19-,23+,24-,27-,28+/m1/s1. The number of phenolic OH excluding ortho intramolecular Hbond substituents is 2. The van der Waals surface area contributed by atoms with Crippen molar-refractivity contribution in [1.82, 2.24) is 24.8 Å². The number of fused-ring (bicyclic) bond motifs is 1. The Hall–Kier alpha value is -5.16. The number of carbonyl (C=O) groups is 2. The van der Waals surface area contributed by atoms with E-state index in [1.807, 2.05) is 4.90 Å². The molecule has 1 aliphatic heterocycles. The molecule has 2 aromatic heterocycles. The summed E-state index contributed by atoms with van der Waals surface area (Å²) in [5, 5.41) is 36.8. The highest BCUT2D eigenvalue weighted by Crippen LogP contribution is 2.38. The third-order valence-corrected chi connectivity index (χ3v) is 9.10. The van der Waals surface area contributed by atoms with Crippen LogP contribution in [-0.2, 0) is 14.3 Å². The number of alkyl halides is 3. The molecule has 14 nitrogen and oxygen atoms in total. The number of benzene rings is 2. The maximum absolute atomic E-state index is 13.3. The number of hydrogen-bond donors (Lipinski definition) is 6. The molecule has 1 amide bonds. The third-order valence-electron chi connectivity index (χ3n) is 9.10. The summed E-state index contributed by atoms with van der Waals surface area (Å²) in [6.07, 6.45) is -6.70. The first-order chi connectivity index (χ1) is 23.8. The Morgan fingerprint density at radius 1 is 1.06 bits per heavy atom. The van der Waals surface area contributed by atoms with Gasteiger partial charge in [0.2, 0.25) is 11.9 Å². The van der Waals surface area contributed by atoms with Crippen LogP contribution in [0.25, 0.3) is 11.2 Å². The van der Waals surface area contributed by atoms with Crippen LogP contribution in [0.5, 0.6) is 11.5 Å². The Labute approximate surface area is 284 Å². The largest absolute Gasteiger partial charge is 0.508 e. The minimum Gasteiger partial charge on any atom is -0.508 e. The van der Waals surface area contributed by atoms with Gasteiger partial charge >= 0.3 is 12.1 Å². The molecular weight excluding hydrogens is 661 g/mol. The highest BCUT2D eigenvalue weighted by molar-refractivity contribution is 5.85. The highest BCUT2D eigenvalue weighted by Gasteiger charge is 2.51. The average Bonchev–Trinajstić information content (AvgIpc) is 3.79. The minimum absolute atomic E-state index is 0.0633. The highest BCUT2D eigenvalue weighted by atomic mass is 19.4. The van der Waals surface area contributed by atoms with Crippen LogP contribution in [0.15, 0.2) is 54.9 Å². The zero-order chi connectivity index (χ0) is 35.7. The number of amides is 1. The molecule has 2 aromatic carbocycles. The Kier molecular flexibility index (Phi) is 9.71. The van der Waals surface area contributed by atoms with Crippen molar-refractivity contribution in [2.75, 3.05) is 29.9 Å². The topological polar surface area (TPSA) is 201 Å². The number of halogens is 3. The second-order valence-corrected chi connectivity index (χ2v) is 12.5. The summed E-state index contributed by atoms with van der Waals surface area (Å²) in [5.41, 5.74) is 8.32. The summed E-state index contributed by atoms with van der Waals surface area (Å²) >= 11 is 0. The maximum atomic E-state index is 13.3. The molecule has 50 heavy (non-hydrogen) atoms. The zero-order valence-electron chi connectivity index (χ0n) is 26.9. The van der Waals surface area contributed by atoms with Crippen LogP contribution in [0.1, 0.15) is 49.3 Å². The van der Waals surface area contributed by atoms with Gasteiger partial charge in [-0.1, -0.05) is 31.2 Å². The van der Waals surface area contributed by atoms with Gasteiger partial charge in [-0.15, -0.1) is 0 Å². The van der Waals surface area contributed by atoms with Gasteiger partial charge in [-0.3, -0.25) is 4.79 Å². The van der Waals surface area contributed by atoms with Crippen LogP contribution in [0.2, 0.25) is 0 Å². The van der Waals surface area contributed by atoms with Crippen molar-refractivity contribution in [3.8, 4) is 11.5 Å². The molecule has 2 aliphatic rings. The van der Waals surface area contributed by atoms with E-state index in [2.05, 4.69) is 15.6 Å². The molecule has 7 N–H and O–H groups in total. The Morgan fingerprint density at radius 2 is 1.70 bits per heavy atom. The Morgan fingerprint density at radius 3 is 2.26 bits per heavy atom. The number of nitrogens with two attached hydrogens (primary N) is 1. The van der Waals surface area contributed by atoms with Crippen LogP contribution in [-0.4, -0.2) is 96.8 Å². The van der Waals surface area contributed by atoms with Gasteiger partial charge in [0.15, 0.2) is 23.1 Å². The van der Waals surface area contributed by atoms with E-state index in [0.29, 0.717) is 25.3 Å². The molecule has 1 saturated carbocycles. The monoisotopic (exact) mass is 698 g/mol. The molecule has 0 radical (unpaired) electrons. The number of imidazole rings is 1. The third kappa shape index (κ3) is 7.23. The van der Waals surface area contributed by atoms with E-state index in [1.54, 1.807) is 55.5 Å². The molecule has 0 bridgehead atoms. The molecule has 3 heterocycles. The van der Waals surface area contributed by atoms with Gasteiger partial charge in [-0.05, 0) is 48.2 Å². The summed E-state index contributed by atoms with van der Waals surface area (Å²) in [6, 6.07) is 11.1. The van der Waals surface area contributed by atoms with Crippen molar-refractivity contribution in [2.45, 2.75) is 68.6 Å². The normalized spacial score (nSPS) is 22.3. The number of carbonyl (C=O) groups excluding carboxylic acids is 2. The van der Waals surface area contributed by atoms with Crippen LogP contribution < -0.4 is 21.3 Å². The summed E-state index contributed by atoms with van der Waals surface area (Å²) in [7, 11) is 0. The summed E-state index contributed by atoms with van der Waals surface area (Å²) < 4.78 is 46.3. The summed E-state index contributed by atoms with van der Waals surface area (Å²) in [6.45, 7) is 2.83. The van der Waals surface area contributed by atoms with E-state index in [-0.39, 0.29) is 60.0 Å².